The van der Waals surface area contributed by atoms with E-state index in [1.54, 1.807) is 11.5 Å². The molecule has 1 aliphatic rings. The van der Waals surface area contributed by atoms with Crippen molar-refractivity contribution in [3.8, 4) is 0 Å². The van der Waals surface area contributed by atoms with Crippen LogP contribution in [-0.2, 0) is 12.0 Å². The van der Waals surface area contributed by atoms with Gasteiger partial charge in [-0.3, -0.25) is 9.69 Å². The van der Waals surface area contributed by atoms with Gasteiger partial charge in [-0.25, -0.2) is 14.2 Å². The Morgan fingerprint density at radius 1 is 1.39 bits per heavy atom. The third-order valence-electron chi connectivity index (χ3n) is 5.95. The van der Waals surface area contributed by atoms with Gasteiger partial charge in [-0.15, -0.1) is 0 Å². The van der Waals surface area contributed by atoms with Gasteiger partial charge >= 0.3 is 12.1 Å². The Morgan fingerprint density at radius 3 is 2.61 bits per heavy atom. The molecule has 4 N–H and O–H groups in total. The number of carboxylic acids is 1. The molecule has 0 fully saturated rings. The smallest absolute Gasteiger partial charge is 0.401 e. The maximum absolute atomic E-state index is 15.1. The molecule has 0 saturated heterocycles. The zero-order valence-corrected chi connectivity index (χ0v) is 18.8. The van der Waals surface area contributed by atoms with Crippen LogP contribution in [0.25, 0.3) is 11.0 Å². The second-order valence-corrected chi connectivity index (χ2v) is 9.18. The van der Waals surface area contributed by atoms with E-state index < -0.39 is 52.8 Å². The molecule has 3 rings (SSSR count). The zero-order valence-electron chi connectivity index (χ0n) is 18.8. The number of halogens is 4. The van der Waals surface area contributed by atoms with Gasteiger partial charge in [0.15, 0.2) is 11.6 Å². The van der Waals surface area contributed by atoms with Crippen LogP contribution < -0.4 is 16.5 Å². The van der Waals surface area contributed by atoms with Crippen LogP contribution in [0.5, 0.6) is 0 Å². The van der Waals surface area contributed by atoms with Crippen LogP contribution in [0.15, 0.2) is 4.79 Å². The number of alkyl halides is 3. The van der Waals surface area contributed by atoms with Crippen molar-refractivity contribution < 1.29 is 27.5 Å². The minimum absolute atomic E-state index is 0.0743. The van der Waals surface area contributed by atoms with Crippen molar-refractivity contribution in [2.24, 2.45) is 0 Å². The van der Waals surface area contributed by atoms with Crippen LogP contribution in [0.2, 0.25) is 0 Å². The maximum atomic E-state index is 15.1. The van der Waals surface area contributed by atoms with E-state index >= 15 is 4.39 Å². The van der Waals surface area contributed by atoms with Gasteiger partial charge in [0, 0.05) is 23.8 Å². The van der Waals surface area contributed by atoms with Gasteiger partial charge in [0.1, 0.15) is 11.2 Å². The lowest BCUT2D eigenvalue weighted by Crippen LogP contribution is -2.34. The average Bonchev–Trinajstić information content (AvgIpc) is 2.97. The number of fused-ring (bicyclic) bond motifs is 3. The number of nitrogen functional groups attached to an aromatic ring is 1. The van der Waals surface area contributed by atoms with Crippen molar-refractivity contribution >= 4 is 28.5 Å². The number of rotatable bonds is 7. The van der Waals surface area contributed by atoms with E-state index in [4.69, 9.17) is 5.73 Å². The molecule has 0 bridgehead atoms. The van der Waals surface area contributed by atoms with Crippen molar-refractivity contribution in [3.63, 3.8) is 0 Å². The van der Waals surface area contributed by atoms with Crippen molar-refractivity contribution in [2.45, 2.75) is 57.8 Å². The van der Waals surface area contributed by atoms with E-state index in [-0.39, 0.29) is 29.8 Å². The summed E-state index contributed by atoms with van der Waals surface area (Å²) in [6.45, 7) is 4.41. The summed E-state index contributed by atoms with van der Waals surface area (Å²) < 4.78 is 54.2. The van der Waals surface area contributed by atoms with E-state index in [2.05, 4.69) is 10.3 Å². The molecule has 0 aliphatic carbocycles. The Hall–Kier alpha value is -2.89. The molecule has 0 spiro atoms. The first kappa shape index (κ1) is 24.7. The van der Waals surface area contributed by atoms with Crippen LogP contribution in [0.1, 0.15) is 49.7 Å². The predicted molar refractivity (Wildman–Crippen MR) is 116 cm³/mol. The molecule has 33 heavy (non-hydrogen) atoms. The summed E-state index contributed by atoms with van der Waals surface area (Å²) in [6, 6.07) is -0.462. The fourth-order valence-electron chi connectivity index (χ4n) is 4.30. The topological polar surface area (TPSA) is 113 Å². The highest BCUT2D eigenvalue weighted by atomic mass is 19.4. The summed E-state index contributed by atoms with van der Waals surface area (Å²) in [5.41, 5.74) is 3.88. The van der Waals surface area contributed by atoms with Crippen LogP contribution in [0.3, 0.4) is 0 Å². The minimum Gasteiger partial charge on any atom is -0.477 e. The molecule has 3 heterocycles. The number of hydrogen-bond acceptors (Lipinski definition) is 6. The largest absolute Gasteiger partial charge is 0.477 e. The number of carboxylic acid groups (broad SMARTS) is 1. The highest BCUT2D eigenvalue weighted by Crippen LogP contribution is 2.37. The molecule has 0 radical (unpaired) electrons. The maximum Gasteiger partial charge on any atom is 0.401 e. The van der Waals surface area contributed by atoms with Crippen molar-refractivity contribution in [1.29, 1.82) is 0 Å². The lowest BCUT2D eigenvalue weighted by Gasteiger charge is -2.26. The van der Waals surface area contributed by atoms with E-state index in [9.17, 15) is 27.9 Å². The number of anilines is 2. The van der Waals surface area contributed by atoms with Crippen LogP contribution in [-0.4, -0.2) is 57.9 Å². The Labute approximate surface area is 187 Å². The number of carbonyl (C=O) groups is 1. The monoisotopic (exact) mass is 473 g/mol. The van der Waals surface area contributed by atoms with Crippen LogP contribution in [0, 0.1) is 5.82 Å². The molecule has 1 aliphatic heterocycles. The molecule has 0 aromatic carbocycles. The number of nitrogens with zero attached hydrogens (tertiary/aromatic N) is 3. The number of aromatic carboxylic acids is 1. The van der Waals surface area contributed by atoms with Crippen LogP contribution in [0.4, 0.5) is 29.1 Å². The van der Waals surface area contributed by atoms with Gasteiger partial charge in [-0.2, -0.15) is 13.2 Å². The van der Waals surface area contributed by atoms with Gasteiger partial charge in [0.05, 0.1) is 17.6 Å². The van der Waals surface area contributed by atoms with E-state index in [0.29, 0.717) is 18.5 Å². The van der Waals surface area contributed by atoms with Crippen molar-refractivity contribution in [1.82, 2.24) is 14.5 Å². The first-order valence-electron chi connectivity index (χ1n) is 10.5. The summed E-state index contributed by atoms with van der Waals surface area (Å²) in [5.74, 6) is -2.67. The lowest BCUT2D eigenvalue weighted by molar-refractivity contribution is -0.143. The normalized spacial score (nSPS) is 16.3. The van der Waals surface area contributed by atoms with Gasteiger partial charge in [-0.05, 0) is 47.1 Å². The molecule has 182 valence electrons. The van der Waals surface area contributed by atoms with Crippen molar-refractivity contribution in [3.05, 3.63) is 27.3 Å². The molecule has 0 saturated carbocycles. The summed E-state index contributed by atoms with van der Waals surface area (Å²) in [6.07, 6.45) is -3.17. The second-order valence-electron chi connectivity index (χ2n) is 9.18. The predicted octanol–water partition coefficient (Wildman–Crippen LogP) is 3.18. The fourth-order valence-corrected chi connectivity index (χ4v) is 4.30. The number of nitrogens with two attached hydrogens (primary N) is 1. The molecular weight excluding hydrogens is 446 g/mol. The quantitative estimate of drug-likeness (QED) is 0.530. The number of hydrogen-bond donors (Lipinski definition) is 3. The summed E-state index contributed by atoms with van der Waals surface area (Å²) >= 11 is 0. The Morgan fingerprint density at radius 2 is 2.03 bits per heavy atom. The fraction of sp³-hybridized carbons (Fsp3) is 0.571. The van der Waals surface area contributed by atoms with E-state index in [1.165, 1.54) is 7.05 Å². The summed E-state index contributed by atoms with van der Waals surface area (Å²) in [7, 11) is 1.34. The number of nitrogens with one attached hydrogen (secondary N) is 1. The number of pyridine rings is 2. The molecule has 12 heteroatoms. The first-order valence-corrected chi connectivity index (χ1v) is 10.5. The van der Waals surface area contributed by atoms with Gasteiger partial charge < -0.3 is 20.7 Å². The standard InChI is InChI=1S/C21H27F4N5O3/c1-10(6-8-29(4)9-21(23,24)25)27-17-14(22)15(26)13-16(31)12(19(32)33)11-5-7-20(2,3)30(11)18(13)28-17/h10H,5-9H2,1-4H3,(H,32,33)(H3,26,27,28). The number of aromatic nitrogens is 2. The molecule has 1 atom stereocenters. The molecule has 2 aromatic rings. The van der Waals surface area contributed by atoms with Gasteiger partial charge in [-0.1, -0.05) is 0 Å². The molecular formula is C21H27F4N5O3. The van der Waals surface area contributed by atoms with E-state index in [1.807, 2.05) is 13.8 Å². The molecule has 8 nitrogen and oxygen atoms in total. The Balaban J connectivity index is 2.03. The van der Waals surface area contributed by atoms with Crippen LogP contribution >= 0.6 is 0 Å². The average molecular weight is 473 g/mol. The molecule has 1 unspecified atom stereocenters. The zero-order chi connectivity index (χ0) is 24.9. The molecule has 0 amide bonds. The van der Waals surface area contributed by atoms with Gasteiger partial charge in [0.25, 0.3) is 0 Å². The lowest BCUT2D eigenvalue weighted by atomic mass is 10.0. The SMILES string of the molecule is CC(CCN(C)CC(F)(F)F)Nc1nc2c(c(N)c1F)c(=O)c(C(=O)O)c1n2C(C)(C)CC1. The van der Waals surface area contributed by atoms with Crippen molar-refractivity contribution in [2.75, 3.05) is 31.2 Å². The molecule has 2 aromatic heterocycles. The second kappa shape index (κ2) is 8.47. The summed E-state index contributed by atoms with van der Waals surface area (Å²) in [5, 5.41) is 12.1. The first-order chi connectivity index (χ1) is 15.1. The Bertz CT molecular complexity index is 1160. The van der Waals surface area contributed by atoms with E-state index in [0.717, 1.165) is 4.90 Å². The highest BCUT2D eigenvalue weighted by Gasteiger charge is 2.37. The minimum atomic E-state index is -4.32. The highest BCUT2D eigenvalue weighted by molar-refractivity contribution is 5.98. The Kier molecular flexibility index (Phi) is 6.35. The summed E-state index contributed by atoms with van der Waals surface area (Å²) in [4.78, 5) is 30.2. The van der Waals surface area contributed by atoms with Gasteiger partial charge in [0.2, 0.25) is 5.43 Å². The third-order valence-corrected chi connectivity index (χ3v) is 5.95. The third kappa shape index (κ3) is 4.75.